The molecule has 138 valence electrons. The van der Waals surface area contributed by atoms with Gasteiger partial charge < -0.3 is 4.90 Å². The smallest absolute Gasteiger partial charge is 0.267 e. The van der Waals surface area contributed by atoms with E-state index in [0.717, 1.165) is 36.3 Å². The zero-order valence-electron chi connectivity index (χ0n) is 15.6. The van der Waals surface area contributed by atoms with Crippen LogP contribution < -0.4 is 5.56 Å². The average molecular weight is 359 g/mol. The Kier molecular flexibility index (Phi) is 5.33. The minimum atomic E-state index is -0.0723. The summed E-state index contributed by atoms with van der Waals surface area (Å²) >= 11 is 0. The maximum absolute atomic E-state index is 12.2. The zero-order chi connectivity index (χ0) is 18.5. The first-order chi connectivity index (χ1) is 13.3. The van der Waals surface area contributed by atoms with Crippen molar-refractivity contribution in [1.29, 1.82) is 0 Å². The van der Waals surface area contributed by atoms with Crippen molar-refractivity contribution >= 4 is 5.57 Å². The first kappa shape index (κ1) is 17.5. The van der Waals surface area contributed by atoms with E-state index in [1.165, 1.54) is 25.0 Å². The maximum Gasteiger partial charge on any atom is 0.267 e. The van der Waals surface area contributed by atoms with Gasteiger partial charge in [-0.2, -0.15) is 5.10 Å². The van der Waals surface area contributed by atoms with Crippen molar-refractivity contribution in [2.45, 2.75) is 32.2 Å². The summed E-state index contributed by atoms with van der Waals surface area (Å²) in [7, 11) is 0. The summed E-state index contributed by atoms with van der Waals surface area (Å²) in [6.07, 6.45) is 13.5. The second-order valence-electron chi connectivity index (χ2n) is 7.14. The number of aromatic nitrogens is 2. The van der Waals surface area contributed by atoms with Crippen molar-refractivity contribution < 1.29 is 0 Å². The van der Waals surface area contributed by atoms with E-state index in [2.05, 4.69) is 34.3 Å². The molecule has 0 bridgehead atoms. The van der Waals surface area contributed by atoms with Crippen molar-refractivity contribution in [2.75, 3.05) is 13.1 Å². The van der Waals surface area contributed by atoms with Gasteiger partial charge in [0.2, 0.25) is 0 Å². The lowest BCUT2D eigenvalue weighted by atomic mass is 10.1. The third kappa shape index (κ3) is 4.27. The van der Waals surface area contributed by atoms with E-state index in [1.54, 1.807) is 10.7 Å². The van der Waals surface area contributed by atoms with Crippen LogP contribution in [0.2, 0.25) is 0 Å². The van der Waals surface area contributed by atoms with Crippen molar-refractivity contribution in [3.63, 3.8) is 0 Å². The lowest BCUT2D eigenvalue weighted by Gasteiger charge is -2.29. The van der Waals surface area contributed by atoms with Crippen LogP contribution in [0.25, 0.3) is 5.57 Å². The van der Waals surface area contributed by atoms with E-state index >= 15 is 0 Å². The third-order valence-electron chi connectivity index (χ3n) is 5.17. The molecule has 1 fully saturated rings. The molecule has 2 aromatic rings. The predicted octanol–water partition coefficient (Wildman–Crippen LogP) is 4.00. The summed E-state index contributed by atoms with van der Waals surface area (Å²) in [6, 6.07) is 13.4. The van der Waals surface area contributed by atoms with Crippen molar-refractivity contribution in [2.24, 2.45) is 0 Å². The number of hydrogen-bond donors (Lipinski definition) is 0. The Hall–Kier alpha value is -2.88. The Labute approximate surface area is 160 Å². The molecule has 0 radical (unpaired) electrons. The molecule has 1 aromatic heterocycles. The summed E-state index contributed by atoms with van der Waals surface area (Å²) in [6.45, 7) is 2.77. The van der Waals surface area contributed by atoms with Crippen molar-refractivity contribution in [3.8, 4) is 0 Å². The van der Waals surface area contributed by atoms with Crippen LogP contribution in [0.3, 0.4) is 0 Å². The van der Waals surface area contributed by atoms with Gasteiger partial charge in [0.25, 0.3) is 5.56 Å². The van der Waals surface area contributed by atoms with E-state index < -0.39 is 0 Å². The molecule has 1 saturated heterocycles. The molecule has 2 heterocycles. The molecule has 0 unspecified atom stereocenters. The van der Waals surface area contributed by atoms with E-state index in [-0.39, 0.29) is 5.56 Å². The molecule has 0 atom stereocenters. The molecule has 0 saturated carbocycles. The Balaban J connectivity index is 1.58. The van der Waals surface area contributed by atoms with E-state index in [1.807, 2.05) is 36.4 Å². The summed E-state index contributed by atoms with van der Waals surface area (Å²) < 4.78 is 1.55. The Morgan fingerprint density at radius 1 is 0.926 bits per heavy atom. The molecular formula is C23H25N3O. The molecule has 4 nitrogen and oxygen atoms in total. The third-order valence-corrected chi connectivity index (χ3v) is 5.17. The predicted molar refractivity (Wildman–Crippen MR) is 109 cm³/mol. The number of benzene rings is 1. The number of hydrogen-bond acceptors (Lipinski definition) is 3. The monoisotopic (exact) mass is 359 g/mol. The molecule has 1 aliphatic heterocycles. The van der Waals surface area contributed by atoms with Crippen LogP contribution in [-0.4, -0.2) is 27.8 Å². The standard InChI is InChI=1S/C23H25N3O/c27-23-15-14-22(24-26(23)18-19-8-3-1-4-9-19)20-10-7-11-21(13-12-20)25-16-5-2-6-17-25/h1,3-4,7-9,11-15H,2,5-6,10,16-18H2. The molecule has 4 rings (SSSR count). The van der Waals surface area contributed by atoms with Gasteiger partial charge in [-0.1, -0.05) is 42.5 Å². The number of allylic oxidation sites excluding steroid dienone is 5. The van der Waals surface area contributed by atoms with Gasteiger partial charge in [0.1, 0.15) is 0 Å². The highest BCUT2D eigenvalue weighted by Crippen LogP contribution is 2.23. The minimum Gasteiger partial charge on any atom is -0.372 e. The lowest BCUT2D eigenvalue weighted by molar-refractivity contribution is 0.293. The van der Waals surface area contributed by atoms with Gasteiger partial charge in [0.15, 0.2) is 0 Å². The van der Waals surface area contributed by atoms with Crippen molar-refractivity contribution in [3.05, 3.63) is 94.1 Å². The fourth-order valence-electron chi connectivity index (χ4n) is 3.66. The summed E-state index contributed by atoms with van der Waals surface area (Å²) in [4.78, 5) is 14.7. The van der Waals surface area contributed by atoms with Gasteiger partial charge in [-0.25, -0.2) is 4.68 Å². The van der Waals surface area contributed by atoms with Gasteiger partial charge in [-0.15, -0.1) is 0 Å². The number of nitrogens with zero attached hydrogens (tertiary/aromatic N) is 3. The molecule has 27 heavy (non-hydrogen) atoms. The van der Waals surface area contributed by atoms with E-state index in [4.69, 9.17) is 0 Å². The molecule has 4 heteroatoms. The van der Waals surface area contributed by atoms with E-state index in [0.29, 0.717) is 6.54 Å². The first-order valence-corrected chi connectivity index (χ1v) is 9.74. The molecule has 1 aromatic carbocycles. The quantitative estimate of drug-likeness (QED) is 0.828. The SMILES string of the molecule is O=c1ccc(C2=CC=C(N3CCCCC3)C=CC2)nn1Cc1ccccc1. The largest absolute Gasteiger partial charge is 0.372 e. The Morgan fingerprint density at radius 2 is 1.74 bits per heavy atom. The zero-order valence-corrected chi connectivity index (χ0v) is 15.6. The number of rotatable bonds is 4. The first-order valence-electron chi connectivity index (χ1n) is 9.74. The number of piperidine rings is 1. The van der Waals surface area contributed by atoms with Crippen LogP contribution in [0.5, 0.6) is 0 Å². The van der Waals surface area contributed by atoms with Crippen LogP contribution >= 0.6 is 0 Å². The summed E-state index contributed by atoms with van der Waals surface area (Å²) in [5.74, 6) is 0. The van der Waals surface area contributed by atoms with Crippen LogP contribution in [-0.2, 0) is 6.54 Å². The van der Waals surface area contributed by atoms with Crippen LogP contribution in [0, 0.1) is 0 Å². The van der Waals surface area contributed by atoms with Crippen molar-refractivity contribution in [1.82, 2.24) is 14.7 Å². The Morgan fingerprint density at radius 3 is 2.56 bits per heavy atom. The molecule has 1 aliphatic carbocycles. The van der Waals surface area contributed by atoms with Gasteiger partial charge in [-0.3, -0.25) is 4.79 Å². The lowest BCUT2D eigenvalue weighted by Crippen LogP contribution is -2.28. The summed E-state index contributed by atoms with van der Waals surface area (Å²) in [5, 5.41) is 4.63. The van der Waals surface area contributed by atoms with Gasteiger partial charge in [-0.05, 0) is 55.0 Å². The fourth-order valence-corrected chi connectivity index (χ4v) is 3.66. The topological polar surface area (TPSA) is 38.1 Å². The molecule has 2 aliphatic rings. The fraction of sp³-hybridized carbons (Fsp3) is 0.304. The average Bonchev–Trinajstić information content (AvgIpc) is 2.97. The number of likely N-dealkylation sites (tertiary alicyclic amines) is 1. The molecule has 0 amide bonds. The van der Waals surface area contributed by atoms with E-state index in [9.17, 15) is 4.79 Å². The molecule has 0 N–H and O–H groups in total. The second kappa shape index (κ2) is 8.21. The normalized spacial score (nSPS) is 17.3. The van der Waals surface area contributed by atoms with Crippen LogP contribution in [0.15, 0.2) is 77.3 Å². The Bertz CT molecular complexity index is 932. The molecule has 0 spiro atoms. The van der Waals surface area contributed by atoms with Gasteiger partial charge in [0.05, 0.1) is 12.2 Å². The molecular weight excluding hydrogens is 334 g/mol. The second-order valence-corrected chi connectivity index (χ2v) is 7.14. The summed E-state index contributed by atoms with van der Waals surface area (Å²) in [5.41, 5.74) is 4.29. The van der Waals surface area contributed by atoms with Crippen LogP contribution in [0.1, 0.15) is 36.9 Å². The van der Waals surface area contributed by atoms with Gasteiger partial charge in [0, 0.05) is 24.9 Å². The highest BCUT2D eigenvalue weighted by atomic mass is 16.1. The minimum absolute atomic E-state index is 0.0723. The highest BCUT2D eigenvalue weighted by Gasteiger charge is 2.13. The highest BCUT2D eigenvalue weighted by molar-refractivity contribution is 5.66. The maximum atomic E-state index is 12.2. The van der Waals surface area contributed by atoms with Crippen LogP contribution in [0.4, 0.5) is 0 Å². The van der Waals surface area contributed by atoms with Gasteiger partial charge >= 0.3 is 0 Å².